The molecule has 38 heavy (non-hydrogen) atoms. The molecule has 0 spiro atoms. The number of hydrogen-bond acceptors (Lipinski definition) is 7. The molecule has 1 aliphatic rings. The van der Waals surface area contributed by atoms with Gasteiger partial charge in [-0.15, -0.1) is 0 Å². The number of thioether (sulfide) groups is 1. The van der Waals surface area contributed by atoms with Crippen LogP contribution in [0, 0.1) is 5.82 Å². The van der Waals surface area contributed by atoms with Crippen molar-refractivity contribution in [3.05, 3.63) is 104 Å². The van der Waals surface area contributed by atoms with Crippen molar-refractivity contribution in [2.24, 2.45) is 4.99 Å². The molecule has 1 heterocycles. The van der Waals surface area contributed by atoms with Gasteiger partial charge in [0.2, 0.25) is 0 Å². The lowest BCUT2D eigenvalue weighted by Crippen LogP contribution is -2.12. The van der Waals surface area contributed by atoms with Crippen LogP contribution in [0.25, 0.3) is 6.08 Å². The highest BCUT2D eigenvalue weighted by Gasteiger charge is 2.33. The molecule has 0 amide bonds. The highest BCUT2D eigenvalue weighted by Crippen LogP contribution is 2.42. The topological polar surface area (TPSA) is 77.4 Å². The van der Waals surface area contributed by atoms with Gasteiger partial charge in [0.1, 0.15) is 28.8 Å². The van der Waals surface area contributed by atoms with Gasteiger partial charge in [0.15, 0.2) is 11.5 Å². The summed E-state index contributed by atoms with van der Waals surface area (Å²) < 4.78 is 31.5. The van der Waals surface area contributed by atoms with Crippen molar-refractivity contribution in [3.8, 4) is 11.5 Å². The van der Waals surface area contributed by atoms with E-state index in [2.05, 4.69) is 20.9 Å². The van der Waals surface area contributed by atoms with E-state index in [0.29, 0.717) is 49.3 Å². The van der Waals surface area contributed by atoms with E-state index in [1.165, 1.54) is 17.8 Å². The third kappa shape index (κ3) is 6.46. The first-order valence-electron chi connectivity index (χ1n) is 11.9. The summed E-state index contributed by atoms with van der Waals surface area (Å²) in [6.45, 7) is 4.11. The van der Waals surface area contributed by atoms with E-state index in [0.717, 1.165) is 0 Å². The molecule has 0 fully saturated rings. The number of halogens is 2. The van der Waals surface area contributed by atoms with Gasteiger partial charge in [0, 0.05) is 5.56 Å². The van der Waals surface area contributed by atoms with Crippen molar-refractivity contribution in [2.45, 2.75) is 20.5 Å². The fourth-order valence-electron chi connectivity index (χ4n) is 3.60. The SMILES string of the molecule is CCOC(=O)C1=C(O)/C(=C/c2cc(Br)c(OCc3ccccc3F)c(OCC)c2)SC1=Nc1ccccc1. The largest absolute Gasteiger partial charge is 0.506 e. The Morgan fingerprint density at radius 2 is 1.79 bits per heavy atom. The van der Waals surface area contributed by atoms with Gasteiger partial charge in [-0.1, -0.05) is 48.2 Å². The monoisotopic (exact) mass is 597 g/mol. The number of benzene rings is 3. The summed E-state index contributed by atoms with van der Waals surface area (Å²) in [4.78, 5) is 17.7. The Balaban J connectivity index is 1.68. The molecule has 3 aromatic carbocycles. The van der Waals surface area contributed by atoms with Crippen LogP contribution in [0.15, 0.2) is 92.4 Å². The Kier molecular flexibility index (Phi) is 9.25. The number of aliphatic hydroxyl groups excluding tert-OH is 1. The predicted molar refractivity (Wildman–Crippen MR) is 151 cm³/mol. The smallest absolute Gasteiger partial charge is 0.344 e. The molecule has 0 bridgehead atoms. The van der Waals surface area contributed by atoms with Crippen LogP contribution in [0.1, 0.15) is 25.0 Å². The second kappa shape index (κ2) is 12.8. The quantitative estimate of drug-likeness (QED) is 0.254. The van der Waals surface area contributed by atoms with E-state index in [4.69, 9.17) is 14.2 Å². The fourth-order valence-corrected chi connectivity index (χ4v) is 5.21. The normalized spacial score (nSPS) is 15.3. The summed E-state index contributed by atoms with van der Waals surface area (Å²) >= 11 is 4.70. The number of aliphatic imine (C=N–C) groups is 1. The zero-order valence-corrected chi connectivity index (χ0v) is 23.1. The standard InChI is InChI=1S/C29H25BrFNO5S/c1-3-35-23-15-18(14-21(30)27(23)37-17-19-10-8-9-13-22(19)31)16-24-26(33)25(29(34)36-4-2)28(38-24)32-20-11-6-5-7-12-20/h5-16,33H,3-4,17H2,1-2H3/b24-16-,32-28?. The molecule has 4 rings (SSSR count). The van der Waals surface area contributed by atoms with Gasteiger partial charge in [-0.05, 0) is 71.7 Å². The molecule has 196 valence electrons. The molecule has 1 aliphatic heterocycles. The zero-order chi connectivity index (χ0) is 27.1. The highest BCUT2D eigenvalue weighted by atomic mass is 79.9. The molecule has 0 radical (unpaired) electrons. The summed E-state index contributed by atoms with van der Waals surface area (Å²) in [5, 5.41) is 11.3. The second-order valence-corrected chi connectivity index (χ2v) is 9.84. The van der Waals surface area contributed by atoms with Crippen LogP contribution in [0.5, 0.6) is 11.5 Å². The number of esters is 1. The summed E-state index contributed by atoms with van der Waals surface area (Å²) in [6.07, 6.45) is 1.72. The third-order valence-electron chi connectivity index (χ3n) is 5.32. The number of para-hydroxylation sites is 1. The molecule has 0 saturated carbocycles. The van der Waals surface area contributed by atoms with E-state index in [1.54, 1.807) is 55.5 Å². The van der Waals surface area contributed by atoms with E-state index in [-0.39, 0.29) is 30.4 Å². The van der Waals surface area contributed by atoms with Crippen LogP contribution in [0.2, 0.25) is 0 Å². The van der Waals surface area contributed by atoms with Crippen LogP contribution < -0.4 is 9.47 Å². The number of rotatable bonds is 9. The van der Waals surface area contributed by atoms with Crippen LogP contribution in [0.4, 0.5) is 10.1 Å². The Hall–Kier alpha value is -3.56. The Morgan fingerprint density at radius 1 is 1.05 bits per heavy atom. The van der Waals surface area contributed by atoms with Crippen molar-refractivity contribution < 1.29 is 28.5 Å². The molecule has 1 N–H and O–H groups in total. The summed E-state index contributed by atoms with van der Waals surface area (Å²) in [5.74, 6) is -0.343. The zero-order valence-electron chi connectivity index (χ0n) is 20.7. The summed E-state index contributed by atoms with van der Waals surface area (Å²) in [7, 11) is 0. The van der Waals surface area contributed by atoms with Crippen molar-refractivity contribution >= 4 is 50.5 Å². The Labute approximate surface area is 233 Å². The fraction of sp³-hybridized carbons (Fsp3) is 0.172. The molecular weight excluding hydrogens is 573 g/mol. The summed E-state index contributed by atoms with van der Waals surface area (Å²) in [6, 6.07) is 19.1. The van der Waals surface area contributed by atoms with E-state index < -0.39 is 5.97 Å². The van der Waals surface area contributed by atoms with Crippen LogP contribution >= 0.6 is 27.7 Å². The van der Waals surface area contributed by atoms with Crippen LogP contribution in [-0.4, -0.2) is 29.3 Å². The first-order chi connectivity index (χ1) is 18.4. The van der Waals surface area contributed by atoms with Gasteiger partial charge in [-0.25, -0.2) is 14.2 Å². The van der Waals surface area contributed by atoms with Gasteiger partial charge >= 0.3 is 5.97 Å². The second-order valence-electron chi connectivity index (χ2n) is 7.95. The van der Waals surface area contributed by atoms with Crippen molar-refractivity contribution in [1.82, 2.24) is 0 Å². The van der Waals surface area contributed by atoms with Gasteiger partial charge in [-0.2, -0.15) is 0 Å². The molecule has 3 aromatic rings. The van der Waals surface area contributed by atoms with Crippen molar-refractivity contribution in [2.75, 3.05) is 13.2 Å². The van der Waals surface area contributed by atoms with Gasteiger partial charge < -0.3 is 19.3 Å². The molecule has 9 heteroatoms. The minimum absolute atomic E-state index is 0.0147. The number of ether oxygens (including phenoxy) is 3. The number of nitrogens with zero attached hydrogens (tertiary/aromatic N) is 1. The minimum Gasteiger partial charge on any atom is -0.506 e. The number of carbonyl (C=O) groups excluding carboxylic acids is 1. The lowest BCUT2D eigenvalue weighted by Gasteiger charge is -2.15. The highest BCUT2D eigenvalue weighted by molar-refractivity contribution is 9.10. The van der Waals surface area contributed by atoms with Gasteiger partial charge in [0.05, 0.1) is 28.3 Å². The maximum atomic E-state index is 14.1. The molecule has 0 aliphatic carbocycles. The van der Waals surface area contributed by atoms with E-state index in [1.807, 2.05) is 25.1 Å². The molecular formula is C29H25BrFNO5S. The number of carbonyl (C=O) groups is 1. The maximum Gasteiger partial charge on any atom is 0.344 e. The van der Waals surface area contributed by atoms with Crippen molar-refractivity contribution in [1.29, 1.82) is 0 Å². The van der Waals surface area contributed by atoms with Gasteiger partial charge in [0.25, 0.3) is 0 Å². The average Bonchev–Trinajstić information content (AvgIpc) is 3.19. The van der Waals surface area contributed by atoms with Crippen LogP contribution in [0.3, 0.4) is 0 Å². The van der Waals surface area contributed by atoms with E-state index in [9.17, 15) is 14.3 Å². The average molecular weight is 598 g/mol. The lowest BCUT2D eigenvalue weighted by molar-refractivity contribution is -0.138. The summed E-state index contributed by atoms with van der Waals surface area (Å²) in [5.41, 5.74) is 1.75. The molecule has 0 unspecified atom stereocenters. The predicted octanol–water partition coefficient (Wildman–Crippen LogP) is 7.76. The Morgan fingerprint density at radius 3 is 2.50 bits per heavy atom. The molecule has 0 aromatic heterocycles. The first kappa shape index (κ1) is 27.5. The minimum atomic E-state index is -0.649. The van der Waals surface area contributed by atoms with E-state index >= 15 is 0 Å². The molecule has 6 nitrogen and oxygen atoms in total. The maximum absolute atomic E-state index is 14.1. The van der Waals surface area contributed by atoms with Crippen LogP contribution in [-0.2, 0) is 16.1 Å². The molecule has 0 saturated heterocycles. The third-order valence-corrected chi connectivity index (χ3v) is 6.93. The number of hydrogen-bond donors (Lipinski definition) is 1. The number of aliphatic hydroxyl groups is 1. The first-order valence-corrected chi connectivity index (χ1v) is 13.5. The van der Waals surface area contributed by atoms with Gasteiger partial charge in [-0.3, -0.25) is 0 Å². The van der Waals surface area contributed by atoms with Crippen molar-refractivity contribution in [3.63, 3.8) is 0 Å². The lowest BCUT2D eigenvalue weighted by atomic mass is 10.1. The molecule has 0 atom stereocenters. The Bertz CT molecular complexity index is 1420.